The molecule has 0 saturated carbocycles. The number of carbonyl (C=O) groups is 2. The number of hydrogen-bond donors (Lipinski definition) is 0. The van der Waals surface area contributed by atoms with Crippen LogP contribution in [0.2, 0.25) is 0 Å². The van der Waals surface area contributed by atoms with E-state index in [1.54, 1.807) is 6.07 Å². The highest BCUT2D eigenvalue weighted by molar-refractivity contribution is 7.14. The van der Waals surface area contributed by atoms with Gasteiger partial charge in [0.15, 0.2) is 6.61 Å². The van der Waals surface area contributed by atoms with Gasteiger partial charge in [-0.3, -0.25) is 4.79 Å². The van der Waals surface area contributed by atoms with E-state index in [9.17, 15) is 9.59 Å². The highest BCUT2D eigenvalue weighted by Gasteiger charge is 2.22. The van der Waals surface area contributed by atoms with Gasteiger partial charge in [-0.25, -0.2) is 4.79 Å². The van der Waals surface area contributed by atoms with Crippen molar-refractivity contribution in [1.82, 2.24) is 0 Å². The summed E-state index contributed by atoms with van der Waals surface area (Å²) < 4.78 is 5.15. The number of Topliss-reactive ketones (excluding diaryl/α,β-unsaturated/α-hetero) is 1. The van der Waals surface area contributed by atoms with Crippen molar-refractivity contribution in [2.24, 2.45) is 5.92 Å². The van der Waals surface area contributed by atoms with Crippen LogP contribution in [-0.2, 0) is 17.6 Å². The summed E-state index contributed by atoms with van der Waals surface area (Å²) in [5.74, 6) is 0.150. The molecular weight excluding hydrogens is 304 g/mol. The molecular formula is C16H16O3S2. The number of aryl methyl sites for hydroxylation is 1. The van der Waals surface area contributed by atoms with Crippen LogP contribution in [0, 0.1) is 5.92 Å². The molecule has 0 amide bonds. The molecule has 3 nitrogen and oxygen atoms in total. The normalized spacial score (nSPS) is 17.3. The van der Waals surface area contributed by atoms with Gasteiger partial charge in [-0.05, 0) is 48.3 Å². The summed E-state index contributed by atoms with van der Waals surface area (Å²) in [5.41, 5.74) is 1.27. The molecule has 3 rings (SSSR count). The lowest BCUT2D eigenvalue weighted by Crippen LogP contribution is -2.12. The highest BCUT2D eigenvalue weighted by atomic mass is 32.1. The zero-order chi connectivity index (χ0) is 14.8. The highest BCUT2D eigenvalue weighted by Crippen LogP contribution is 2.32. The van der Waals surface area contributed by atoms with Crippen LogP contribution in [0.15, 0.2) is 23.6 Å². The van der Waals surface area contributed by atoms with Gasteiger partial charge in [0.25, 0.3) is 0 Å². The molecule has 0 radical (unpaired) electrons. The average Bonchev–Trinajstić information content (AvgIpc) is 3.12. The van der Waals surface area contributed by atoms with E-state index in [4.69, 9.17) is 4.74 Å². The smallest absolute Gasteiger partial charge is 0.348 e. The van der Waals surface area contributed by atoms with Crippen molar-refractivity contribution in [3.8, 4) is 0 Å². The summed E-state index contributed by atoms with van der Waals surface area (Å²) in [7, 11) is 0. The fourth-order valence-corrected chi connectivity index (χ4v) is 4.27. The molecule has 0 fully saturated rings. The van der Waals surface area contributed by atoms with Crippen molar-refractivity contribution in [3.05, 3.63) is 43.8 Å². The largest absolute Gasteiger partial charge is 0.453 e. The minimum absolute atomic E-state index is 0.145. The van der Waals surface area contributed by atoms with Crippen LogP contribution in [0.5, 0.6) is 0 Å². The first-order chi connectivity index (χ1) is 10.1. The lowest BCUT2D eigenvalue weighted by molar-refractivity contribution is 0.0480. The van der Waals surface area contributed by atoms with Crippen LogP contribution < -0.4 is 0 Å². The Bertz CT molecular complexity index is 655. The fourth-order valence-electron chi connectivity index (χ4n) is 2.52. The second-order valence-electron chi connectivity index (χ2n) is 5.38. The lowest BCUT2D eigenvalue weighted by atomic mass is 9.90. The standard InChI is InChI=1S/C16H16O3S2/c1-10-4-5-13-11(7-10)8-15(21-13)16(18)19-9-12(17)14-3-2-6-20-14/h2-3,6,8,10H,4-5,7,9H2,1H3/t10-/m0/s1. The van der Waals surface area contributed by atoms with Gasteiger partial charge < -0.3 is 4.74 Å². The zero-order valence-corrected chi connectivity index (χ0v) is 13.4. The maximum Gasteiger partial charge on any atom is 0.348 e. The SMILES string of the molecule is C[C@H]1CCc2sc(C(=O)OCC(=O)c3cccs3)cc2C1. The van der Waals surface area contributed by atoms with Gasteiger partial charge in [0, 0.05) is 4.88 Å². The topological polar surface area (TPSA) is 43.4 Å². The average molecular weight is 320 g/mol. The molecule has 0 aliphatic heterocycles. The number of fused-ring (bicyclic) bond motifs is 1. The summed E-state index contributed by atoms with van der Waals surface area (Å²) in [6, 6.07) is 5.49. The predicted molar refractivity (Wildman–Crippen MR) is 84.4 cm³/mol. The molecule has 2 aromatic heterocycles. The Morgan fingerprint density at radius 1 is 1.38 bits per heavy atom. The van der Waals surface area contributed by atoms with Gasteiger partial charge in [-0.15, -0.1) is 22.7 Å². The van der Waals surface area contributed by atoms with Gasteiger partial charge in [0.1, 0.15) is 4.88 Å². The summed E-state index contributed by atoms with van der Waals surface area (Å²) >= 11 is 2.87. The van der Waals surface area contributed by atoms with Crippen LogP contribution in [0.4, 0.5) is 0 Å². The van der Waals surface area contributed by atoms with E-state index >= 15 is 0 Å². The first-order valence-corrected chi connectivity index (χ1v) is 8.68. The van der Waals surface area contributed by atoms with E-state index in [1.807, 2.05) is 17.5 Å². The summed E-state index contributed by atoms with van der Waals surface area (Å²) in [6.45, 7) is 2.05. The predicted octanol–water partition coefficient (Wildman–Crippen LogP) is 3.97. The molecule has 2 heterocycles. The summed E-state index contributed by atoms with van der Waals surface area (Å²) in [4.78, 5) is 26.4. The molecule has 0 saturated heterocycles. The van der Waals surface area contributed by atoms with E-state index in [0.29, 0.717) is 15.7 Å². The third-order valence-electron chi connectivity index (χ3n) is 3.66. The van der Waals surface area contributed by atoms with Gasteiger partial charge in [0.05, 0.1) is 4.88 Å². The number of rotatable bonds is 4. The van der Waals surface area contributed by atoms with Gasteiger partial charge in [-0.1, -0.05) is 13.0 Å². The molecule has 0 aromatic carbocycles. The minimum atomic E-state index is -0.382. The maximum atomic E-state index is 12.1. The van der Waals surface area contributed by atoms with Crippen LogP contribution in [0.3, 0.4) is 0 Å². The van der Waals surface area contributed by atoms with Crippen molar-refractivity contribution in [2.45, 2.75) is 26.2 Å². The van der Waals surface area contributed by atoms with Gasteiger partial charge >= 0.3 is 5.97 Å². The monoisotopic (exact) mass is 320 g/mol. The molecule has 1 aliphatic carbocycles. The molecule has 1 aliphatic rings. The Morgan fingerprint density at radius 3 is 3.00 bits per heavy atom. The number of ketones is 1. The van der Waals surface area contributed by atoms with Gasteiger partial charge in [-0.2, -0.15) is 0 Å². The second-order valence-corrected chi connectivity index (χ2v) is 7.47. The quantitative estimate of drug-likeness (QED) is 0.632. The Labute approximate surface area is 131 Å². The molecule has 2 aromatic rings. The number of thiophene rings is 2. The fraction of sp³-hybridized carbons (Fsp3) is 0.375. The van der Waals surface area contributed by atoms with Gasteiger partial charge in [0.2, 0.25) is 5.78 Å². The van der Waals surface area contributed by atoms with Crippen molar-refractivity contribution >= 4 is 34.4 Å². The molecule has 0 bridgehead atoms. The van der Waals surface area contributed by atoms with Crippen molar-refractivity contribution in [1.29, 1.82) is 0 Å². The molecule has 0 unspecified atom stereocenters. The van der Waals surface area contributed by atoms with E-state index in [1.165, 1.54) is 39.5 Å². The Balaban J connectivity index is 1.62. The molecule has 5 heteroatoms. The number of hydrogen-bond acceptors (Lipinski definition) is 5. The van der Waals surface area contributed by atoms with Crippen LogP contribution in [-0.4, -0.2) is 18.4 Å². The Hall–Kier alpha value is -1.46. The minimum Gasteiger partial charge on any atom is -0.453 e. The van der Waals surface area contributed by atoms with E-state index in [2.05, 4.69) is 6.92 Å². The maximum absolute atomic E-state index is 12.1. The van der Waals surface area contributed by atoms with Crippen molar-refractivity contribution in [3.63, 3.8) is 0 Å². The van der Waals surface area contributed by atoms with Crippen LogP contribution in [0.25, 0.3) is 0 Å². The first kappa shape index (κ1) is 14.5. The third-order valence-corrected chi connectivity index (χ3v) is 5.79. The van der Waals surface area contributed by atoms with Crippen LogP contribution >= 0.6 is 22.7 Å². The molecule has 0 spiro atoms. The van der Waals surface area contributed by atoms with Crippen molar-refractivity contribution < 1.29 is 14.3 Å². The molecule has 110 valence electrons. The van der Waals surface area contributed by atoms with E-state index in [0.717, 1.165) is 12.8 Å². The number of ether oxygens (including phenoxy) is 1. The third kappa shape index (κ3) is 3.24. The number of esters is 1. The lowest BCUT2D eigenvalue weighted by Gasteiger charge is -2.16. The van der Waals surface area contributed by atoms with E-state index < -0.39 is 0 Å². The number of carbonyl (C=O) groups excluding carboxylic acids is 2. The van der Waals surface area contributed by atoms with Crippen molar-refractivity contribution in [2.75, 3.05) is 6.61 Å². The summed E-state index contributed by atoms with van der Waals surface area (Å²) in [6.07, 6.45) is 3.26. The Kier molecular flexibility index (Phi) is 4.22. The molecule has 21 heavy (non-hydrogen) atoms. The summed E-state index contributed by atoms with van der Waals surface area (Å²) in [5, 5.41) is 1.84. The second kappa shape index (κ2) is 6.12. The van der Waals surface area contributed by atoms with Crippen LogP contribution in [0.1, 0.15) is 43.1 Å². The molecule has 0 N–H and O–H groups in total. The zero-order valence-electron chi connectivity index (χ0n) is 11.8. The Morgan fingerprint density at radius 2 is 2.24 bits per heavy atom. The first-order valence-electron chi connectivity index (χ1n) is 6.99. The molecule has 1 atom stereocenters. The van der Waals surface area contributed by atoms with E-state index in [-0.39, 0.29) is 18.4 Å².